The summed E-state index contributed by atoms with van der Waals surface area (Å²) in [5, 5.41) is 7.92. The van der Waals surface area contributed by atoms with Crippen LogP contribution in [0.15, 0.2) is 5.10 Å². The summed E-state index contributed by atoms with van der Waals surface area (Å²) in [5.41, 5.74) is 2.47. The van der Waals surface area contributed by atoms with E-state index in [1.54, 1.807) is 11.8 Å². The van der Waals surface area contributed by atoms with Crippen molar-refractivity contribution in [1.82, 2.24) is 15.6 Å². The number of hydrogen-bond acceptors (Lipinski definition) is 6. The Kier molecular flexibility index (Phi) is 10.0. The van der Waals surface area contributed by atoms with E-state index in [1.807, 2.05) is 7.05 Å². The fourth-order valence-electron chi connectivity index (χ4n) is 4.98. The Morgan fingerprint density at radius 2 is 1.76 bits per heavy atom. The highest BCUT2D eigenvalue weighted by Gasteiger charge is 2.36. The van der Waals surface area contributed by atoms with E-state index in [2.05, 4.69) is 34.6 Å². The van der Waals surface area contributed by atoms with E-state index in [9.17, 15) is 14.4 Å². The van der Waals surface area contributed by atoms with Gasteiger partial charge in [-0.05, 0) is 43.9 Å². The number of hydrogen-bond donors (Lipinski definition) is 2. The molecule has 186 valence electrons. The molecule has 3 fully saturated rings. The van der Waals surface area contributed by atoms with Crippen LogP contribution in [0.5, 0.6) is 0 Å². The van der Waals surface area contributed by atoms with Crippen molar-refractivity contribution in [2.24, 2.45) is 22.9 Å². The first-order chi connectivity index (χ1) is 15.9. The number of ether oxygens (including phenoxy) is 1. The molecule has 0 aromatic rings. The second-order valence-corrected chi connectivity index (χ2v) is 11.0. The molecule has 0 bridgehead atoms. The molecular formula is C24H40N4O4S. The average molecular weight is 481 g/mol. The van der Waals surface area contributed by atoms with E-state index >= 15 is 0 Å². The van der Waals surface area contributed by atoms with Gasteiger partial charge in [0.2, 0.25) is 11.7 Å². The molecule has 0 radical (unpaired) electrons. The molecule has 2 saturated heterocycles. The largest absolute Gasteiger partial charge is 0.381 e. The Balaban J connectivity index is 1.63. The minimum absolute atomic E-state index is 0.0765. The molecule has 1 aliphatic carbocycles. The lowest BCUT2D eigenvalue weighted by atomic mass is 9.87. The second kappa shape index (κ2) is 12.7. The van der Waals surface area contributed by atoms with Crippen molar-refractivity contribution in [2.45, 2.75) is 83.7 Å². The van der Waals surface area contributed by atoms with E-state index < -0.39 is 17.7 Å². The van der Waals surface area contributed by atoms with Gasteiger partial charge in [0.1, 0.15) is 6.04 Å². The average Bonchev–Trinajstić information content (AvgIpc) is 2.99. The molecule has 0 spiro atoms. The molecule has 1 unspecified atom stereocenters. The number of nitrogens with one attached hydrogen (secondary N) is 2. The summed E-state index contributed by atoms with van der Waals surface area (Å²) in [6.45, 7) is 5.45. The highest BCUT2D eigenvalue weighted by Crippen LogP contribution is 2.27. The van der Waals surface area contributed by atoms with Gasteiger partial charge in [0.05, 0.1) is 0 Å². The Hall–Kier alpha value is -1.61. The van der Waals surface area contributed by atoms with Gasteiger partial charge in [-0.15, -0.1) is 5.10 Å². The number of thioether (sulfide) groups is 1. The van der Waals surface area contributed by atoms with Gasteiger partial charge in [-0.1, -0.05) is 51.3 Å². The van der Waals surface area contributed by atoms with Crippen molar-refractivity contribution >= 4 is 34.5 Å². The van der Waals surface area contributed by atoms with Crippen molar-refractivity contribution in [1.29, 1.82) is 0 Å². The van der Waals surface area contributed by atoms with Crippen LogP contribution in [0.25, 0.3) is 0 Å². The van der Waals surface area contributed by atoms with Crippen LogP contribution in [0.1, 0.15) is 71.6 Å². The van der Waals surface area contributed by atoms with Crippen LogP contribution < -0.4 is 10.7 Å². The van der Waals surface area contributed by atoms with Crippen LogP contribution in [-0.2, 0) is 19.1 Å². The van der Waals surface area contributed by atoms with Gasteiger partial charge in [0.15, 0.2) is 5.17 Å². The predicted octanol–water partition coefficient (Wildman–Crippen LogP) is 2.92. The molecule has 2 atom stereocenters. The van der Waals surface area contributed by atoms with Crippen molar-refractivity contribution in [3.63, 3.8) is 0 Å². The summed E-state index contributed by atoms with van der Waals surface area (Å²) in [6, 6.07) is -0.456. The van der Waals surface area contributed by atoms with Crippen molar-refractivity contribution < 1.29 is 19.1 Å². The number of carbonyl (C=O) groups is 3. The summed E-state index contributed by atoms with van der Waals surface area (Å²) in [4.78, 5) is 41.0. The first kappa shape index (κ1) is 26.0. The molecule has 3 aliphatic rings. The van der Waals surface area contributed by atoms with E-state index in [4.69, 9.17) is 4.74 Å². The van der Waals surface area contributed by atoms with Crippen LogP contribution >= 0.6 is 11.8 Å². The summed E-state index contributed by atoms with van der Waals surface area (Å²) >= 11 is 1.59. The Bertz CT molecular complexity index is 715. The normalized spacial score (nSPS) is 25.2. The quantitative estimate of drug-likeness (QED) is 0.315. The number of nitrogens with zero attached hydrogens (tertiary/aromatic N) is 2. The number of carbonyl (C=O) groups excluding carboxylic acids is 3. The van der Waals surface area contributed by atoms with Gasteiger partial charge in [0.25, 0.3) is 0 Å². The maximum Gasteiger partial charge on any atom is 0.309 e. The fraction of sp³-hybridized carbons (Fsp3) is 0.833. The van der Waals surface area contributed by atoms with E-state index in [0.717, 1.165) is 50.7 Å². The summed E-state index contributed by atoms with van der Waals surface area (Å²) < 4.78 is 5.44. The number of rotatable bonds is 8. The van der Waals surface area contributed by atoms with Gasteiger partial charge in [-0.3, -0.25) is 14.4 Å². The maximum absolute atomic E-state index is 13.2. The zero-order valence-electron chi connectivity index (χ0n) is 20.3. The van der Waals surface area contributed by atoms with E-state index in [1.165, 1.54) is 0 Å². The van der Waals surface area contributed by atoms with Crippen LogP contribution in [0.3, 0.4) is 0 Å². The van der Waals surface area contributed by atoms with Gasteiger partial charge in [-0.25, -0.2) is 5.43 Å². The molecule has 2 N–H and O–H groups in total. The molecule has 8 nitrogen and oxygen atoms in total. The zero-order valence-corrected chi connectivity index (χ0v) is 21.1. The Morgan fingerprint density at radius 1 is 1.09 bits per heavy atom. The Morgan fingerprint density at radius 3 is 2.39 bits per heavy atom. The third kappa shape index (κ3) is 7.44. The summed E-state index contributed by atoms with van der Waals surface area (Å²) in [6.07, 6.45) is 8.43. The number of amidine groups is 1. The minimum atomic E-state index is -0.826. The second-order valence-electron chi connectivity index (χ2n) is 10.0. The van der Waals surface area contributed by atoms with Crippen LogP contribution in [0.4, 0.5) is 0 Å². The molecule has 0 aromatic heterocycles. The maximum atomic E-state index is 13.2. The van der Waals surface area contributed by atoms with Gasteiger partial charge in [0, 0.05) is 38.0 Å². The van der Waals surface area contributed by atoms with Crippen LogP contribution in [0.2, 0.25) is 0 Å². The molecule has 33 heavy (non-hydrogen) atoms. The Labute approximate surface area is 202 Å². The number of ketones is 1. The lowest BCUT2D eigenvalue weighted by Crippen LogP contribution is -2.53. The van der Waals surface area contributed by atoms with Gasteiger partial charge >= 0.3 is 5.91 Å². The SMILES string of the molecule is CC(C)C[C@@H]1CS/C(=N\NC(=O)C(=O)C(NC(=O)C2CCCCCC2)C2CCOCC2)N1C. The smallest absolute Gasteiger partial charge is 0.309 e. The molecule has 0 aromatic carbocycles. The summed E-state index contributed by atoms with van der Waals surface area (Å²) in [7, 11) is 1.97. The number of hydrazone groups is 1. The lowest BCUT2D eigenvalue weighted by molar-refractivity contribution is -0.142. The molecule has 2 amide bonds. The number of Topliss-reactive ketones (excluding diaryl/α,β-unsaturated/α-hetero) is 1. The molecule has 2 aliphatic heterocycles. The van der Waals surface area contributed by atoms with Crippen molar-refractivity contribution in [3.05, 3.63) is 0 Å². The highest BCUT2D eigenvalue weighted by atomic mass is 32.2. The molecular weight excluding hydrogens is 440 g/mol. The van der Waals surface area contributed by atoms with Gasteiger partial charge < -0.3 is 15.0 Å². The monoisotopic (exact) mass is 480 g/mol. The topological polar surface area (TPSA) is 100 Å². The van der Waals surface area contributed by atoms with Gasteiger partial charge in [-0.2, -0.15) is 0 Å². The fourth-order valence-corrected chi connectivity index (χ4v) is 6.14. The van der Waals surface area contributed by atoms with Crippen molar-refractivity contribution in [2.75, 3.05) is 26.0 Å². The molecule has 3 rings (SSSR count). The third-order valence-electron chi connectivity index (χ3n) is 7.02. The highest BCUT2D eigenvalue weighted by molar-refractivity contribution is 8.14. The summed E-state index contributed by atoms with van der Waals surface area (Å²) in [5.74, 6) is -0.154. The van der Waals surface area contributed by atoms with Crippen LogP contribution in [-0.4, -0.2) is 65.8 Å². The minimum Gasteiger partial charge on any atom is -0.381 e. The molecule has 1 saturated carbocycles. The number of amides is 2. The first-order valence-corrected chi connectivity index (χ1v) is 13.5. The molecule has 2 heterocycles. The lowest BCUT2D eigenvalue weighted by Gasteiger charge is -2.30. The molecule has 9 heteroatoms. The third-order valence-corrected chi connectivity index (χ3v) is 8.21. The first-order valence-electron chi connectivity index (χ1n) is 12.5. The van der Waals surface area contributed by atoms with Crippen LogP contribution in [0, 0.1) is 17.8 Å². The zero-order chi connectivity index (χ0) is 23.8. The standard InChI is InChI=1S/C24H40N4O4S/c1-16(2)14-19-15-33-24(28(19)3)27-26-23(31)21(29)20(17-10-12-32-13-11-17)25-22(30)18-8-6-4-5-7-9-18/h16-20H,4-15H2,1-3H3,(H,25,30)(H,26,31)/b27-24-/t19-,20?/m1/s1. The van der Waals surface area contributed by atoms with Crippen molar-refractivity contribution in [3.8, 4) is 0 Å². The van der Waals surface area contributed by atoms with E-state index in [-0.39, 0.29) is 17.7 Å². The van der Waals surface area contributed by atoms with E-state index in [0.29, 0.717) is 43.2 Å². The predicted molar refractivity (Wildman–Crippen MR) is 131 cm³/mol.